The standard InChI is InChI=1S/C14H13F3N2O3S2/c1-3-9-7(2)6-10(23-9)14(20)18-19-24(21,22)11-5-4-8(15)12(16)13(11)17/h4-6,19H,3H2,1-2H3,(H,18,20). The fourth-order valence-corrected chi connectivity index (χ4v) is 3.85. The lowest BCUT2D eigenvalue weighted by molar-refractivity contribution is 0.0949. The summed E-state index contributed by atoms with van der Waals surface area (Å²) < 4.78 is 63.4. The second kappa shape index (κ2) is 6.91. The largest absolute Gasteiger partial charge is 0.276 e. The Hall–Kier alpha value is -1.91. The van der Waals surface area contributed by atoms with E-state index in [9.17, 15) is 26.4 Å². The molecule has 24 heavy (non-hydrogen) atoms. The topological polar surface area (TPSA) is 75.3 Å². The Kier molecular flexibility index (Phi) is 5.31. The van der Waals surface area contributed by atoms with E-state index >= 15 is 0 Å². The van der Waals surface area contributed by atoms with Crippen molar-refractivity contribution in [3.63, 3.8) is 0 Å². The molecule has 0 saturated heterocycles. The smallest absolute Gasteiger partial charge is 0.273 e. The highest BCUT2D eigenvalue weighted by molar-refractivity contribution is 7.89. The third-order valence-electron chi connectivity index (χ3n) is 3.15. The molecule has 0 unspecified atom stereocenters. The number of hydrazine groups is 1. The minimum atomic E-state index is -4.60. The van der Waals surface area contributed by atoms with Crippen LogP contribution < -0.4 is 10.3 Å². The van der Waals surface area contributed by atoms with E-state index < -0.39 is 38.3 Å². The lowest BCUT2D eigenvalue weighted by Crippen LogP contribution is -2.41. The lowest BCUT2D eigenvalue weighted by atomic mass is 10.2. The second-order valence-corrected chi connectivity index (χ2v) is 7.59. The molecule has 2 aromatic rings. The average molecular weight is 378 g/mol. The second-order valence-electron chi connectivity index (χ2n) is 4.80. The number of rotatable bonds is 5. The van der Waals surface area contributed by atoms with Crippen LogP contribution in [0.25, 0.3) is 0 Å². The Balaban J connectivity index is 2.18. The van der Waals surface area contributed by atoms with Crippen LogP contribution in [0.3, 0.4) is 0 Å². The van der Waals surface area contributed by atoms with Gasteiger partial charge in [-0.3, -0.25) is 10.2 Å². The molecule has 1 heterocycles. The summed E-state index contributed by atoms with van der Waals surface area (Å²) in [6.07, 6.45) is 0.718. The first-order valence-electron chi connectivity index (χ1n) is 6.72. The number of benzene rings is 1. The van der Waals surface area contributed by atoms with Gasteiger partial charge in [-0.15, -0.1) is 16.2 Å². The van der Waals surface area contributed by atoms with Crippen molar-refractivity contribution in [1.82, 2.24) is 10.3 Å². The molecule has 2 rings (SSSR count). The van der Waals surface area contributed by atoms with Gasteiger partial charge in [-0.05, 0) is 37.1 Å². The first-order valence-corrected chi connectivity index (χ1v) is 9.02. The first kappa shape index (κ1) is 18.4. The summed E-state index contributed by atoms with van der Waals surface area (Å²) in [5.74, 6) is -6.03. The molecule has 0 atom stereocenters. The summed E-state index contributed by atoms with van der Waals surface area (Å²) in [7, 11) is -4.60. The number of carbonyl (C=O) groups is 1. The van der Waals surface area contributed by atoms with Crippen molar-refractivity contribution in [2.24, 2.45) is 0 Å². The van der Waals surface area contributed by atoms with Gasteiger partial charge in [-0.25, -0.2) is 21.6 Å². The Morgan fingerprint density at radius 2 is 1.88 bits per heavy atom. The number of nitrogens with one attached hydrogen (secondary N) is 2. The first-order chi connectivity index (χ1) is 11.2. The third kappa shape index (κ3) is 3.60. The summed E-state index contributed by atoms with van der Waals surface area (Å²) in [6.45, 7) is 3.72. The van der Waals surface area contributed by atoms with Crippen molar-refractivity contribution in [2.75, 3.05) is 0 Å². The minimum Gasteiger partial charge on any atom is -0.273 e. The predicted molar refractivity (Wildman–Crippen MR) is 82.5 cm³/mol. The number of sulfonamides is 1. The van der Waals surface area contributed by atoms with Crippen LogP contribution in [-0.4, -0.2) is 14.3 Å². The molecule has 0 saturated carbocycles. The minimum absolute atomic E-state index is 0.262. The number of amides is 1. The molecule has 0 aliphatic heterocycles. The van der Waals surface area contributed by atoms with Crippen LogP contribution in [0.1, 0.15) is 27.0 Å². The molecule has 0 spiro atoms. The van der Waals surface area contributed by atoms with Crippen molar-refractivity contribution >= 4 is 27.3 Å². The number of hydrogen-bond acceptors (Lipinski definition) is 4. The highest BCUT2D eigenvalue weighted by Gasteiger charge is 2.25. The summed E-state index contributed by atoms with van der Waals surface area (Å²) in [5, 5.41) is 0. The van der Waals surface area contributed by atoms with E-state index in [0.29, 0.717) is 12.1 Å². The molecular formula is C14H13F3N2O3S2. The van der Waals surface area contributed by atoms with E-state index in [-0.39, 0.29) is 4.88 Å². The van der Waals surface area contributed by atoms with Gasteiger partial charge in [0.1, 0.15) is 4.90 Å². The number of halogens is 3. The van der Waals surface area contributed by atoms with Crippen LogP contribution in [0.5, 0.6) is 0 Å². The number of carbonyl (C=O) groups excluding carboxylic acids is 1. The van der Waals surface area contributed by atoms with Crippen LogP contribution in [0, 0.1) is 24.4 Å². The summed E-state index contributed by atoms with van der Waals surface area (Å²) in [4.78, 5) is 13.7. The summed E-state index contributed by atoms with van der Waals surface area (Å²) in [5.41, 5.74) is 2.81. The van der Waals surface area contributed by atoms with Crippen LogP contribution >= 0.6 is 11.3 Å². The van der Waals surface area contributed by atoms with E-state index in [4.69, 9.17) is 0 Å². The zero-order chi connectivity index (χ0) is 18.1. The molecule has 1 amide bonds. The maximum atomic E-state index is 13.6. The quantitative estimate of drug-likeness (QED) is 0.620. The van der Waals surface area contributed by atoms with Crippen molar-refractivity contribution in [3.8, 4) is 0 Å². The van der Waals surface area contributed by atoms with Gasteiger partial charge in [0.2, 0.25) is 0 Å². The lowest BCUT2D eigenvalue weighted by Gasteiger charge is -2.09. The van der Waals surface area contributed by atoms with Gasteiger partial charge >= 0.3 is 0 Å². The van der Waals surface area contributed by atoms with E-state index in [0.717, 1.165) is 16.9 Å². The Bertz CT molecular complexity index is 895. The van der Waals surface area contributed by atoms with Crippen molar-refractivity contribution in [1.29, 1.82) is 0 Å². The normalized spacial score (nSPS) is 11.5. The molecule has 130 valence electrons. The van der Waals surface area contributed by atoms with Gasteiger partial charge in [0.05, 0.1) is 4.88 Å². The molecule has 1 aromatic heterocycles. The zero-order valence-electron chi connectivity index (χ0n) is 12.6. The van der Waals surface area contributed by atoms with E-state index in [1.807, 2.05) is 19.3 Å². The highest BCUT2D eigenvalue weighted by atomic mass is 32.2. The van der Waals surface area contributed by atoms with Gasteiger partial charge in [-0.2, -0.15) is 0 Å². The van der Waals surface area contributed by atoms with Gasteiger partial charge in [0, 0.05) is 4.88 Å². The van der Waals surface area contributed by atoms with Gasteiger partial charge in [0.15, 0.2) is 17.5 Å². The Morgan fingerprint density at radius 3 is 2.46 bits per heavy atom. The molecule has 0 radical (unpaired) electrons. The SMILES string of the molecule is CCc1sc(C(=O)NNS(=O)(=O)c2ccc(F)c(F)c2F)cc1C. The molecule has 0 bridgehead atoms. The number of hydrogen-bond donors (Lipinski definition) is 2. The van der Waals surface area contributed by atoms with Gasteiger partial charge in [-0.1, -0.05) is 6.92 Å². The summed E-state index contributed by atoms with van der Waals surface area (Å²) >= 11 is 1.19. The van der Waals surface area contributed by atoms with Crippen molar-refractivity contribution < 1.29 is 26.4 Å². The molecule has 10 heteroatoms. The zero-order valence-corrected chi connectivity index (χ0v) is 14.2. The third-order valence-corrected chi connectivity index (χ3v) is 5.80. The molecule has 0 fully saturated rings. The van der Waals surface area contributed by atoms with Gasteiger partial charge < -0.3 is 0 Å². The molecule has 2 N–H and O–H groups in total. The fraction of sp³-hybridized carbons (Fsp3) is 0.214. The van der Waals surface area contributed by atoms with E-state index in [1.165, 1.54) is 11.3 Å². The molecular weight excluding hydrogens is 365 g/mol. The highest BCUT2D eigenvalue weighted by Crippen LogP contribution is 2.22. The van der Waals surface area contributed by atoms with Crippen molar-refractivity contribution in [3.05, 3.63) is 51.0 Å². The van der Waals surface area contributed by atoms with Crippen LogP contribution in [-0.2, 0) is 16.4 Å². The maximum Gasteiger partial charge on any atom is 0.276 e. The van der Waals surface area contributed by atoms with Crippen LogP contribution in [0.4, 0.5) is 13.2 Å². The summed E-state index contributed by atoms with van der Waals surface area (Å²) in [6, 6.07) is 2.63. The molecule has 0 aliphatic carbocycles. The molecule has 5 nitrogen and oxygen atoms in total. The Labute approximate surface area is 140 Å². The van der Waals surface area contributed by atoms with E-state index in [2.05, 4.69) is 0 Å². The fourth-order valence-electron chi connectivity index (χ4n) is 1.93. The maximum absolute atomic E-state index is 13.6. The van der Waals surface area contributed by atoms with Gasteiger partial charge in [0.25, 0.3) is 15.9 Å². The predicted octanol–water partition coefficient (Wildman–Crippen LogP) is 2.66. The van der Waals surface area contributed by atoms with Crippen LogP contribution in [0.15, 0.2) is 23.1 Å². The molecule has 1 aromatic carbocycles. The number of aryl methyl sites for hydroxylation is 2. The Morgan fingerprint density at radius 1 is 1.21 bits per heavy atom. The average Bonchev–Trinajstić information content (AvgIpc) is 2.91. The van der Waals surface area contributed by atoms with Crippen LogP contribution in [0.2, 0.25) is 0 Å². The van der Waals surface area contributed by atoms with Crippen molar-refractivity contribution in [2.45, 2.75) is 25.2 Å². The number of thiophene rings is 1. The monoisotopic (exact) mass is 378 g/mol. The van der Waals surface area contributed by atoms with E-state index in [1.54, 1.807) is 10.9 Å². The molecule has 0 aliphatic rings.